The highest BCUT2D eigenvalue weighted by Crippen LogP contribution is 2.38. The fourth-order valence-electron chi connectivity index (χ4n) is 1.63. The molecule has 0 saturated carbocycles. The summed E-state index contributed by atoms with van der Waals surface area (Å²) >= 11 is 3.32. The van der Waals surface area contributed by atoms with Gasteiger partial charge in [-0.3, -0.25) is 0 Å². The van der Waals surface area contributed by atoms with Crippen molar-refractivity contribution in [2.45, 2.75) is 33.2 Å². The van der Waals surface area contributed by atoms with E-state index in [0.29, 0.717) is 22.7 Å². The van der Waals surface area contributed by atoms with Crippen LogP contribution in [-0.4, -0.2) is 11.7 Å². The minimum atomic E-state index is -0.0453. The Bertz CT molecular complexity index is 387. The number of aromatic hydroxyl groups is 1. The van der Waals surface area contributed by atoms with Gasteiger partial charge in [-0.15, -0.1) is 12.4 Å². The minimum Gasteiger partial charge on any atom is -0.503 e. The van der Waals surface area contributed by atoms with E-state index >= 15 is 0 Å². The van der Waals surface area contributed by atoms with Crippen LogP contribution in [0.25, 0.3) is 0 Å². The van der Waals surface area contributed by atoms with E-state index in [4.69, 9.17) is 10.5 Å². The number of phenolic OH excluding ortho intramolecular Hbond substituents is 1. The lowest BCUT2D eigenvalue weighted by Crippen LogP contribution is -2.18. The van der Waals surface area contributed by atoms with Crippen molar-refractivity contribution >= 4 is 28.3 Å². The van der Waals surface area contributed by atoms with Crippen molar-refractivity contribution in [2.24, 2.45) is 11.7 Å². The van der Waals surface area contributed by atoms with Crippen LogP contribution in [0.1, 0.15) is 38.8 Å². The predicted molar refractivity (Wildman–Crippen MR) is 80.6 cm³/mol. The van der Waals surface area contributed by atoms with Crippen molar-refractivity contribution in [1.82, 2.24) is 0 Å². The van der Waals surface area contributed by atoms with Crippen LogP contribution in [0.15, 0.2) is 16.6 Å². The Hall–Kier alpha value is -0.450. The molecule has 1 aromatic rings. The molecule has 1 aromatic carbocycles. The zero-order valence-electron chi connectivity index (χ0n) is 10.9. The lowest BCUT2D eigenvalue weighted by atomic mass is 9.93. The van der Waals surface area contributed by atoms with E-state index in [1.54, 1.807) is 0 Å². The number of hydrogen-bond donors (Lipinski definition) is 2. The topological polar surface area (TPSA) is 55.5 Å². The standard InChI is InChI=1S/C13H20BrNO2.ClH/c1-4-8(3)12(15)9-6-10(14)13(16)11(7-9)17-5-2;/h6-8,12,16H,4-5,15H2,1-3H3;1H/t8?,12-;/m0./s1. The highest BCUT2D eigenvalue weighted by Gasteiger charge is 2.17. The summed E-state index contributed by atoms with van der Waals surface area (Å²) in [4.78, 5) is 0. The van der Waals surface area contributed by atoms with E-state index in [0.717, 1.165) is 12.0 Å². The maximum atomic E-state index is 9.82. The second-order valence-electron chi connectivity index (χ2n) is 4.19. The van der Waals surface area contributed by atoms with Gasteiger partial charge in [0.15, 0.2) is 11.5 Å². The van der Waals surface area contributed by atoms with Crippen LogP contribution in [0.4, 0.5) is 0 Å². The lowest BCUT2D eigenvalue weighted by Gasteiger charge is -2.20. The Kier molecular flexibility index (Phi) is 7.67. The van der Waals surface area contributed by atoms with Crippen molar-refractivity contribution in [1.29, 1.82) is 0 Å². The molecule has 1 unspecified atom stereocenters. The third-order valence-electron chi connectivity index (χ3n) is 2.99. The third kappa shape index (κ3) is 4.04. The second kappa shape index (κ2) is 7.87. The summed E-state index contributed by atoms with van der Waals surface area (Å²) in [5.41, 5.74) is 7.15. The first-order chi connectivity index (χ1) is 8.01. The van der Waals surface area contributed by atoms with E-state index in [9.17, 15) is 5.11 Å². The molecule has 0 aliphatic rings. The van der Waals surface area contributed by atoms with Crippen LogP contribution in [0.2, 0.25) is 0 Å². The van der Waals surface area contributed by atoms with Crippen LogP contribution in [-0.2, 0) is 0 Å². The number of benzene rings is 1. The Morgan fingerprint density at radius 3 is 2.50 bits per heavy atom. The zero-order chi connectivity index (χ0) is 13.0. The molecule has 0 aliphatic carbocycles. The van der Waals surface area contributed by atoms with Gasteiger partial charge < -0.3 is 15.6 Å². The highest BCUT2D eigenvalue weighted by molar-refractivity contribution is 9.10. The van der Waals surface area contributed by atoms with Gasteiger partial charge in [-0.2, -0.15) is 0 Å². The van der Waals surface area contributed by atoms with Crippen molar-refractivity contribution in [2.75, 3.05) is 6.61 Å². The molecule has 0 saturated heterocycles. The summed E-state index contributed by atoms with van der Waals surface area (Å²) < 4.78 is 6.01. The second-order valence-corrected chi connectivity index (χ2v) is 5.05. The summed E-state index contributed by atoms with van der Waals surface area (Å²) in [6.07, 6.45) is 1.02. The molecule has 0 amide bonds. The van der Waals surface area contributed by atoms with Crippen LogP contribution in [0.5, 0.6) is 11.5 Å². The molecule has 0 bridgehead atoms. The largest absolute Gasteiger partial charge is 0.503 e. The zero-order valence-corrected chi connectivity index (χ0v) is 13.3. The molecule has 18 heavy (non-hydrogen) atoms. The van der Waals surface area contributed by atoms with Gasteiger partial charge in [-0.05, 0) is 46.5 Å². The van der Waals surface area contributed by atoms with E-state index in [1.807, 2.05) is 19.1 Å². The molecule has 3 nitrogen and oxygen atoms in total. The molecular weight excluding hydrogens is 318 g/mol. The molecule has 0 spiro atoms. The van der Waals surface area contributed by atoms with Gasteiger partial charge in [0.2, 0.25) is 0 Å². The van der Waals surface area contributed by atoms with Crippen LogP contribution >= 0.6 is 28.3 Å². The number of hydrogen-bond acceptors (Lipinski definition) is 3. The van der Waals surface area contributed by atoms with Gasteiger partial charge in [0, 0.05) is 6.04 Å². The summed E-state index contributed by atoms with van der Waals surface area (Å²) in [5, 5.41) is 9.82. The first-order valence-electron chi connectivity index (χ1n) is 5.92. The maximum Gasteiger partial charge on any atom is 0.172 e. The summed E-state index contributed by atoms with van der Waals surface area (Å²) in [6.45, 7) is 6.63. The van der Waals surface area contributed by atoms with Crippen molar-refractivity contribution < 1.29 is 9.84 Å². The lowest BCUT2D eigenvalue weighted by molar-refractivity contribution is 0.316. The fraction of sp³-hybridized carbons (Fsp3) is 0.538. The van der Waals surface area contributed by atoms with E-state index in [-0.39, 0.29) is 24.2 Å². The molecule has 0 radical (unpaired) electrons. The average molecular weight is 339 g/mol. The normalized spacial score (nSPS) is 13.6. The van der Waals surface area contributed by atoms with Gasteiger partial charge >= 0.3 is 0 Å². The Morgan fingerprint density at radius 1 is 1.39 bits per heavy atom. The average Bonchev–Trinajstić information content (AvgIpc) is 2.33. The number of nitrogens with two attached hydrogens (primary N) is 1. The molecule has 5 heteroatoms. The van der Waals surface area contributed by atoms with Gasteiger partial charge in [0.05, 0.1) is 11.1 Å². The van der Waals surface area contributed by atoms with Crippen molar-refractivity contribution in [3.8, 4) is 11.5 Å². The van der Waals surface area contributed by atoms with E-state index in [2.05, 4.69) is 29.8 Å². The summed E-state index contributed by atoms with van der Waals surface area (Å²) in [7, 11) is 0. The minimum absolute atomic E-state index is 0. The fourth-order valence-corrected chi connectivity index (χ4v) is 2.09. The third-order valence-corrected chi connectivity index (χ3v) is 3.60. The predicted octanol–water partition coefficient (Wildman–Crippen LogP) is 4.02. The summed E-state index contributed by atoms with van der Waals surface area (Å²) in [6, 6.07) is 3.63. The van der Waals surface area contributed by atoms with Gasteiger partial charge in [-0.25, -0.2) is 0 Å². The first kappa shape index (κ1) is 17.6. The van der Waals surface area contributed by atoms with Gasteiger partial charge in [0.25, 0.3) is 0 Å². The quantitative estimate of drug-likeness (QED) is 0.852. The molecule has 0 fully saturated rings. The van der Waals surface area contributed by atoms with E-state index < -0.39 is 0 Å². The number of halogens is 2. The monoisotopic (exact) mass is 337 g/mol. The van der Waals surface area contributed by atoms with Crippen LogP contribution < -0.4 is 10.5 Å². The molecule has 104 valence electrons. The summed E-state index contributed by atoms with van der Waals surface area (Å²) in [5.74, 6) is 1.00. The molecule has 1 rings (SSSR count). The van der Waals surface area contributed by atoms with Crippen molar-refractivity contribution in [3.63, 3.8) is 0 Å². The Morgan fingerprint density at radius 2 is 2.00 bits per heavy atom. The first-order valence-corrected chi connectivity index (χ1v) is 6.71. The Labute approximate surface area is 123 Å². The van der Waals surface area contributed by atoms with E-state index in [1.165, 1.54) is 0 Å². The maximum absolute atomic E-state index is 9.82. The van der Waals surface area contributed by atoms with Gasteiger partial charge in [0.1, 0.15) is 0 Å². The van der Waals surface area contributed by atoms with Crippen LogP contribution in [0.3, 0.4) is 0 Å². The van der Waals surface area contributed by atoms with Crippen molar-refractivity contribution in [3.05, 3.63) is 22.2 Å². The smallest absolute Gasteiger partial charge is 0.172 e. The SMILES string of the molecule is CCOc1cc([C@@H](N)C(C)CC)cc(Br)c1O.Cl. The molecule has 0 aromatic heterocycles. The number of phenols is 1. The Balaban J connectivity index is 0.00000289. The molecule has 3 N–H and O–H groups in total. The van der Waals surface area contributed by atoms with Gasteiger partial charge in [-0.1, -0.05) is 20.3 Å². The van der Waals surface area contributed by atoms with Crippen LogP contribution in [0, 0.1) is 5.92 Å². The molecule has 0 aliphatic heterocycles. The number of rotatable bonds is 5. The molecule has 2 atom stereocenters. The highest BCUT2D eigenvalue weighted by atomic mass is 79.9. The molecular formula is C13H21BrClNO2. The molecule has 0 heterocycles. The number of ether oxygens (including phenoxy) is 1.